The Balaban J connectivity index is 2.01. The Labute approximate surface area is 84.3 Å². The molecule has 1 saturated heterocycles. The Kier molecular flexibility index (Phi) is 2.46. The molecule has 4 nitrogen and oxygen atoms in total. The maximum atomic E-state index is 5.66. The van der Waals surface area contributed by atoms with Gasteiger partial charge in [-0.25, -0.2) is 4.98 Å². The van der Waals surface area contributed by atoms with Crippen LogP contribution in [0.2, 0.25) is 0 Å². The molecule has 0 spiro atoms. The highest BCUT2D eigenvalue weighted by Gasteiger charge is 2.29. The molecule has 0 bridgehead atoms. The second-order valence-electron chi connectivity index (χ2n) is 4.00. The Hall–Kier alpha value is -1.03. The molecule has 0 radical (unpaired) electrons. The predicted molar refractivity (Wildman–Crippen MR) is 55.2 cm³/mol. The Bertz CT molecular complexity index is 310. The largest absolute Gasteiger partial charge is 0.373 e. The fourth-order valence-corrected chi connectivity index (χ4v) is 1.91. The van der Waals surface area contributed by atoms with Crippen molar-refractivity contribution in [3.63, 3.8) is 0 Å². The van der Waals surface area contributed by atoms with Gasteiger partial charge >= 0.3 is 0 Å². The summed E-state index contributed by atoms with van der Waals surface area (Å²) in [5.41, 5.74) is 0. The zero-order valence-electron chi connectivity index (χ0n) is 8.90. The number of nitrogens with zero attached hydrogens (tertiary/aromatic N) is 2. The third-order valence-corrected chi connectivity index (χ3v) is 2.74. The van der Waals surface area contributed by atoms with Gasteiger partial charge in [0.2, 0.25) is 5.95 Å². The number of aromatic nitrogens is 2. The van der Waals surface area contributed by atoms with Crippen molar-refractivity contribution in [2.24, 2.45) is 7.05 Å². The highest BCUT2D eigenvalue weighted by atomic mass is 16.5. The van der Waals surface area contributed by atoms with Gasteiger partial charge in [0.1, 0.15) is 0 Å². The molecule has 1 aromatic rings. The van der Waals surface area contributed by atoms with E-state index < -0.39 is 0 Å². The van der Waals surface area contributed by atoms with E-state index in [-0.39, 0.29) is 6.10 Å². The Morgan fingerprint density at radius 1 is 1.57 bits per heavy atom. The van der Waals surface area contributed by atoms with Crippen LogP contribution in [0, 0.1) is 0 Å². The summed E-state index contributed by atoms with van der Waals surface area (Å²) in [5.74, 6) is 0.916. The van der Waals surface area contributed by atoms with E-state index in [0.717, 1.165) is 12.4 Å². The summed E-state index contributed by atoms with van der Waals surface area (Å²) in [7, 11) is 1.99. The van der Waals surface area contributed by atoms with Crippen LogP contribution in [0.15, 0.2) is 12.4 Å². The van der Waals surface area contributed by atoms with E-state index in [1.165, 1.54) is 0 Å². The third-order valence-electron chi connectivity index (χ3n) is 2.74. The van der Waals surface area contributed by atoms with Crippen molar-refractivity contribution in [2.75, 3.05) is 5.32 Å². The van der Waals surface area contributed by atoms with Gasteiger partial charge in [-0.2, -0.15) is 0 Å². The summed E-state index contributed by atoms with van der Waals surface area (Å²) in [4.78, 5) is 4.24. The average molecular weight is 195 g/mol. The third kappa shape index (κ3) is 1.75. The number of aryl methyl sites for hydroxylation is 1. The molecule has 1 aromatic heterocycles. The van der Waals surface area contributed by atoms with Gasteiger partial charge in [0, 0.05) is 19.4 Å². The molecule has 78 valence electrons. The van der Waals surface area contributed by atoms with Crippen LogP contribution in [-0.4, -0.2) is 27.8 Å². The second kappa shape index (κ2) is 3.61. The number of nitrogens with one attached hydrogen (secondary N) is 1. The van der Waals surface area contributed by atoms with Gasteiger partial charge < -0.3 is 14.6 Å². The van der Waals surface area contributed by atoms with Gasteiger partial charge in [0.15, 0.2) is 0 Å². The minimum absolute atomic E-state index is 0.265. The number of ether oxygens (including phenoxy) is 1. The fourth-order valence-electron chi connectivity index (χ4n) is 1.91. The van der Waals surface area contributed by atoms with Crippen LogP contribution in [-0.2, 0) is 11.8 Å². The molecule has 3 unspecified atom stereocenters. The first-order valence-electron chi connectivity index (χ1n) is 5.06. The SMILES string of the molecule is CC1CC(Nc2nccn2C)C(C)O1. The first-order chi connectivity index (χ1) is 6.66. The van der Waals surface area contributed by atoms with Crippen LogP contribution in [0.25, 0.3) is 0 Å². The van der Waals surface area contributed by atoms with E-state index in [2.05, 4.69) is 24.1 Å². The number of imidazole rings is 1. The van der Waals surface area contributed by atoms with Crippen LogP contribution >= 0.6 is 0 Å². The minimum Gasteiger partial charge on any atom is -0.373 e. The zero-order chi connectivity index (χ0) is 10.1. The summed E-state index contributed by atoms with van der Waals surface area (Å²) in [5, 5.41) is 3.40. The van der Waals surface area contributed by atoms with E-state index >= 15 is 0 Å². The summed E-state index contributed by atoms with van der Waals surface area (Å²) in [6, 6.07) is 0.381. The van der Waals surface area contributed by atoms with Crippen LogP contribution in [0.1, 0.15) is 20.3 Å². The second-order valence-corrected chi connectivity index (χ2v) is 4.00. The number of anilines is 1. The molecule has 0 aromatic carbocycles. The molecule has 1 aliphatic heterocycles. The maximum Gasteiger partial charge on any atom is 0.202 e. The van der Waals surface area contributed by atoms with Crippen LogP contribution in [0.5, 0.6) is 0 Å². The fraction of sp³-hybridized carbons (Fsp3) is 0.700. The van der Waals surface area contributed by atoms with E-state index in [1.807, 2.05) is 17.8 Å². The number of hydrogen-bond donors (Lipinski definition) is 1. The number of hydrogen-bond acceptors (Lipinski definition) is 3. The van der Waals surface area contributed by atoms with Gasteiger partial charge in [-0.05, 0) is 20.3 Å². The molecule has 2 heterocycles. The van der Waals surface area contributed by atoms with Crippen molar-refractivity contribution in [1.29, 1.82) is 0 Å². The van der Waals surface area contributed by atoms with Gasteiger partial charge in [-0.3, -0.25) is 0 Å². The quantitative estimate of drug-likeness (QED) is 0.775. The summed E-state index contributed by atoms with van der Waals surface area (Å²) < 4.78 is 7.64. The van der Waals surface area contributed by atoms with Crippen molar-refractivity contribution in [1.82, 2.24) is 9.55 Å². The lowest BCUT2D eigenvalue weighted by Gasteiger charge is -2.16. The smallest absolute Gasteiger partial charge is 0.202 e. The summed E-state index contributed by atoms with van der Waals surface area (Å²) >= 11 is 0. The van der Waals surface area contributed by atoms with Crippen molar-refractivity contribution < 1.29 is 4.74 Å². The van der Waals surface area contributed by atoms with Crippen LogP contribution in [0.4, 0.5) is 5.95 Å². The van der Waals surface area contributed by atoms with E-state index in [4.69, 9.17) is 4.74 Å². The molecule has 2 rings (SSSR count). The van der Waals surface area contributed by atoms with E-state index in [1.54, 1.807) is 6.20 Å². The lowest BCUT2D eigenvalue weighted by molar-refractivity contribution is 0.0650. The lowest BCUT2D eigenvalue weighted by atomic mass is 10.1. The molecular formula is C10H17N3O. The van der Waals surface area contributed by atoms with Gasteiger partial charge in [-0.15, -0.1) is 0 Å². The van der Waals surface area contributed by atoms with E-state index in [9.17, 15) is 0 Å². The molecule has 1 fully saturated rings. The topological polar surface area (TPSA) is 39.1 Å². The highest BCUT2D eigenvalue weighted by Crippen LogP contribution is 2.22. The lowest BCUT2D eigenvalue weighted by Crippen LogP contribution is -2.27. The van der Waals surface area contributed by atoms with Gasteiger partial charge in [0.25, 0.3) is 0 Å². The molecule has 3 atom stereocenters. The van der Waals surface area contributed by atoms with Crippen molar-refractivity contribution in [3.8, 4) is 0 Å². The molecule has 0 amide bonds. The molecule has 1 aliphatic rings. The predicted octanol–water partition coefficient (Wildman–Crippen LogP) is 1.40. The summed E-state index contributed by atoms with van der Waals surface area (Å²) in [6.07, 6.45) is 5.40. The Morgan fingerprint density at radius 3 is 2.86 bits per heavy atom. The Morgan fingerprint density at radius 2 is 2.36 bits per heavy atom. The van der Waals surface area contributed by atoms with Crippen molar-refractivity contribution >= 4 is 5.95 Å². The monoisotopic (exact) mass is 195 g/mol. The number of rotatable bonds is 2. The molecular weight excluding hydrogens is 178 g/mol. The first kappa shape index (κ1) is 9.52. The first-order valence-corrected chi connectivity index (χ1v) is 5.06. The molecule has 4 heteroatoms. The van der Waals surface area contributed by atoms with Crippen molar-refractivity contribution in [2.45, 2.75) is 38.5 Å². The maximum absolute atomic E-state index is 5.66. The van der Waals surface area contributed by atoms with E-state index in [0.29, 0.717) is 12.1 Å². The van der Waals surface area contributed by atoms with Crippen molar-refractivity contribution in [3.05, 3.63) is 12.4 Å². The normalized spacial score (nSPS) is 32.1. The van der Waals surface area contributed by atoms with Crippen LogP contribution in [0.3, 0.4) is 0 Å². The van der Waals surface area contributed by atoms with Gasteiger partial charge in [0.05, 0.1) is 18.2 Å². The average Bonchev–Trinajstić information content (AvgIpc) is 2.62. The molecule has 14 heavy (non-hydrogen) atoms. The highest BCUT2D eigenvalue weighted by molar-refractivity contribution is 5.28. The molecule has 0 saturated carbocycles. The molecule has 0 aliphatic carbocycles. The van der Waals surface area contributed by atoms with Gasteiger partial charge in [-0.1, -0.05) is 0 Å². The minimum atomic E-state index is 0.265. The van der Waals surface area contributed by atoms with Crippen LogP contribution < -0.4 is 5.32 Å². The molecule has 1 N–H and O–H groups in total. The summed E-state index contributed by atoms with van der Waals surface area (Å²) in [6.45, 7) is 4.21. The zero-order valence-corrected chi connectivity index (χ0v) is 8.90. The standard InChI is InChI=1S/C10H17N3O/c1-7-6-9(8(2)14-7)12-10-11-4-5-13(10)3/h4-5,7-9H,6H2,1-3H3,(H,11,12).